The van der Waals surface area contributed by atoms with E-state index < -0.39 is 0 Å². The Morgan fingerprint density at radius 2 is 2.03 bits per heavy atom. The van der Waals surface area contributed by atoms with Crippen LogP contribution in [-0.4, -0.2) is 43.8 Å². The number of methoxy groups -OCH3 is 2. The summed E-state index contributed by atoms with van der Waals surface area (Å²) >= 11 is 0. The third kappa shape index (κ3) is 4.56. The third-order valence-corrected chi connectivity index (χ3v) is 5.24. The van der Waals surface area contributed by atoms with Crippen LogP contribution in [0.25, 0.3) is 10.8 Å². The van der Waals surface area contributed by atoms with Crippen LogP contribution in [0.4, 0.5) is 4.39 Å². The Labute approximate surface area is 170 Å². The highest BCUT2D eigenvalue weighted by Crippen LogP contribution is 2.27. The lowest BCUT2D eigenvalue weighted by molar-refractivity contribution is -0.0350. The number of nitrogens with zero attached hydrogens (tertiary/aromatic N) is 2. The maximum absolute atomic E-state index is 13.6. The van der Waals surface area contributed by atoms with Crippen molar-refractivity contribution < 1.29 is 18.6 Å². The maximum atomic E-state index is 13.6. The molecule has 4 rings (SSSR count). The van der Waals surface area contributed by atoms with Gasteiger partial charge in [0.15, 0.2) is 0 Å². The summed E-state index contributed by atoms with van der Waals surface area (Å²) in [6.45, 7) is 3.48. The number of benzene rings is 2. The van der Waals surface area contributed by atoms with Gasteiger partial charge in [-0.15, -0.1) is 0 Å². The van der Waals surface area contributed by atoms with Gasteiger partial charge in [0.2, 0.25) is 0 Å². The number of hydrogen-bond acceptors (Lipinski definition) is 5. The van der Waals surface area contributed by atoms with Crippen molar-refractivity contribution in [3.8, 4) is 5.75 Å². The normalized spacial score (nSPS) is 17.6. The molecule has 0 unspecified atom stereocenters. The molecule has 1 fully saturated rings. The van der Waals surface area contributed by atoms with E-state index in [1.807, 2.05) is 18.2 Å². The minimum Gasteiger partial charge on any atom is -0.496 e. The van der Waals surface area contributed by atoms with E-state index >= 15 is 0 Å². The van der Waals surface area contributed by atoms with E-state index in [-0.39, 0.29) is 11.9 Å². The molecule has 1 aliphatic rings. The third-order valence-electron chi connectivity index (χ3n) is 5.24. The van der Waals surface area contributed by atoms with Gasteiger partial charge in [0.05, 0.1) is 26.0 Å². The number of ether oxygens (including phenoxy) is 3. The van der Waals surface area contributed by atoms with Crippen molar-refractivity contribution in [2.45, 2.75) is 19.3 Å². The Kier molecular flexibility index (Phi) is 6.04. The van der Waals surface area contributed by atoms with Crippen LogP contribution in [0, 0.1) is 5.82 Å². The molecule has 0 amide bonds. The van der Waals surface area contributed by atoms with Crippen LogP contribution < -0.4 is 4.74 Å². The molecule has 0 spiro atoms. The molecule has 29 heavy (non-hydrogen) atoms. The number of rotatable bonds is 6. The van der Waals surface area contributed by atoms with E-state index in [0.717, 1.165) is 46.4 Å². The fraction of sp³-hybridized carbons (Fsp3) is 0.348. The summed E-state index contributed by atoms with van der Waals surface area (Å²) in [5.74, 6) is 0.621. The molecule has 152 valence electrons. The van der Waals surface area contributed by atoms with Crippen LogP contribution >= 0.6 is 0 Å². The van der Waals surface area contributed by atoms with Crippen LogP contribution in [0.5, 0.6) is 5.75 Å². The van der Waals surface area contributed by atoms with E-state index in [0.29, 0.717) is 19.8 Å². The average molecular weight is 396 g/mol. The zero-order valence-corrected chi connectivity index (χ0v) is 16.7. The number of fused-ring (bicyclic) bond motifs is 1. The topological polar surface area (TPSA) is 43.8 Å². The second-order valence-corrected chi connectivity index (χ2v) is 7.27. The zero-order chi connectivity index (χ0) is 20.2. The molecule has 0 saturated carbocycles. The van der Waals surface area contributed by atoms with Gasteiger partial charge in [-0.1, -0.05) is 6.07 Å². The molecule has 1 aliphatic heterocycles. The predicted octanol–water partition coefficient (Wildman–Crippen LogP) is 4.10. The molecule has 1 saturated heterocycles. The van der Waals surface area contributed by atoms with E-state index in [1.54, 1.807) is 26.5 Å². The molecule has 0 bridgehead atoms. The second-order valence-electron chi connectivity index (χ2n) is 7.27. The monoisotopic (exact) mass is 396 g/mol. The summed E-state index contributed by atoms with van der Waals surface area (Å²) in [5.41, 5.74) is 3.07. The highest BCUT2D eigenvalue weighted by molar-refractivity contribution is 5.82. The Morgan fingerprint density at radius 3 is 2.86 bits per heavy atom. The SMILES string of the molecule is COCc1ccc(OC)c(CN2CCO[C@H](c3cc4cc(F)ccc4cn3)C2)c1. The molecule has 2 aromatic carbocycles. The minimum absolute atomic E-state index is 0.149. The first-order valence-corrected chi connectivity index (χ1v) is 9.70. The first-order chi connectivity index (χ1) is 14.2. The van der Waals surface area contributed by atoms with Crippen LogP contribution in [-0.2, 0) is 22.6 Å². The van der Waals surface area contributed by atoms with Crippen molar-refractivity contribution in [2.75, 3.05) is 33.9 Å². The molecular weight excluding hydrogens is 371 g/mol. The molecule has 0 aliphatic carbocycles. The Hall–Kier alpha value is -2.54. The quantitative estimate of drug-likeness (QED) is 0.628. The number of aromatic nitrogens is 1. The van der Waals surface area contributed by atoms with Crippen molar-refractivity contribution >= 4 is 10.8 Å². The lowest BCUT2D eigenvalue weighted by atomic mass is 10.1. The molecule has 2 heterocycles. The highest BCUT2D eigenvalue weighted by atomic mass is 19.1. The number of morpholine rings is 1. The van der Waals surface area contributed by atoms with Crippen molar-refractivity contribution in [1.82, 2.24) is 9.88 Å². The highest BCUT2D eigenvalue weighted by Gasteiger charge is 2.24. The Balaban J connectivity index is 1.52. The van der Waals surface area contributed by atoms with Gasteiger partial charge in [-0.3, -0.25) is 9.88 Å². The number of halogens is 1. The fourth-order valence-electron chi connectivity index (χ4n) is 3.78. The van der Waals surface area contributed by atoms with Gasteiger partial charge in [-0.25, -0.2) is 4.39 Å². The van der Waals surface area contributed by atoms with Crippen molar-refractivity contribution in [3.05, 3.63) is 71.3 Å². The van der Waals surface area contributed by atoms with Crippen LogP contribution in [0.15, 0.2) is 48.7 Å². The van der Waals surface area contributed by atoms with Crippen molar-refractivity contribution in [1.29, 1.82) is 0 Å². The van der Waals surface area contributed by atoms with Crippen molar-refractivity contribution in [2.24, 2.45) is 0 Å². The van der Waals surface area contributed by atoms with Gasteiger partial charge in [0.25, 0.3) is 0 Å². The van der Waals surface area contributed by atoms with Crippen LogP contribution in [0.2, 0.25) is 0 Å². The van der Waals surface area contributed by atoms with Crippen LogP contribution in [0.3, 0.4) is 0 Å². The molecule has 0 N–H and O–H groups in total. The van der Waals surface area contributed by atoms with Gasteiger partial charge in [0, 0.05) is 43.9 Å². The molecule has 6 heteroatoms. The van der Waals surface area contributed by atoms with E-state index in [1.165, 1.54) is 12.1 Å². The molecule has 5 nitrogen and oxygen atoms in total. The summed E-state index contributed by atoms with van der Waals surface area (Å²) in [4.78, 5) is 6.89. The summed E-state index contributed by atoms with van der Waals surface area (Å²) in [6.07, 6.45) is 1.63. The molecule has 0 radical (unpaired) electrons. The number of hydrogen-bond donors (Lipinski definition) is 0. The fourth-order valence-corrected chi connectivity index (χ4v) is 3.78. The summed E-state index contributed by atoms with van der Waals surface area (Å²) in [6, 6.07) is 12.8. The van der Waals surface area contributed by atoms with E-state index in [2.05, 4.69) is 16.0 Å². The van der Waals surface area contributed by atoms with Crippen molar-refractivity contribution in [3.63, 3.8) is 0 Å². The zero-order valence-electron chi connectivity index (χ0n) is 16.7. The van der Waals surface area contributed by atoms with Gasteiger partial charge in [-0.2, -0.15) is 0 Å². The second kappa shape index (κ2) is 8.86. The maximum Gasteiger partial charge on any atom is 0.123 e. The van der Waals surface area contributed by atoms with Gasteiger partial charge >= 0.3 is 0 Å². The standard InChI is InChI=1S/C23H25FN2O3/c1-27-15-16-3-6-22(28-2)19(9-16)13-26-7-8-29-23(14-26)21-11-18-10-20(24)5-4-17(18)12-25-21/h3-6,9-12,23H,7-8,13-15H2,1-2H3/t23-/m0/s1. The Morgan fingerprint density at radius 1 is 1.14 bits per heavy atom. The van der Waals surface area contributed by atoms with Gasteiger partial charge < -0.3 is 14.2 Å². The smallest absolute Gasteiger partial charge is 0.123 e. The van der Waals surface area contributed by atoms with E-state index in [9.17, 15) is 4.39 Å². The largest absolute Gasteiger partial charge is 0.496 e. The number of pyridine rings is 1. The molecule has 3 aromatic rings. The molecule has 1 atom stereocenters. The average Bonchev–Trinajstić information content (AvgIpc) is 2.74. The summed E-state index contributed by atoms with van der Waals surface area (Å²) in [5, 5.41) is 1.76. The minimum atomic E-state index is -0.246. The van der Waals surface area contributed by atoms with Crippen LogP contribution in [0.1, 0.15) is 22.9 Å². The summed E-state index contributed by atoms with van der Waals surface area (Å²) < 4.78 is 30.4. The lowest BCUT2D eigenvalue weighted by Gasteiger charge is -2.33. The van der Waals surface area contributed by atoms with Gasteiger partial charge in [-0.05, 0) is 47.3 Å². The first-order valence-electron chi connectivity index (χ1n) is 9.70. The summed E-state index contributed by atoms with van der Waals surface area (Å²) in [7, 11) is 3.38. The lowest BCUT2D eigenvalue weighted by Crippen LogP contribution is -2.38. The predicted molar refractivity (Wildman–Crippen MR) is 109 cm³/mol. The molecular formula is C23H25FN2O3. The molecule has 1 aromatic heterocycles. The first kappa shape index (κ1) is 19.8. The van der Waals surface area contributed by atoms with E-state index in [4.69, 9.17) is 14.2 Å². The Bertz CT molecular complexity index is 995. The van der Waals surface area contributed by atoms with Gasteiger partial charge in [0.1, 0.15) is 17.7 Å².